The van der Waals surface area contributed by atoms with Gasteiger partial charge in [0.15, 0.2) is 22.6 Å². The Bertz CT molecular complexity index is 912. The molecule has 0 aliphatic carbocycles. The summed E-state index contributed by atoms with van der Waals surface area (Å²) < 4.78 is 25.8. The Morgan fingerprint density at radius 3 is 2.36 bits per heavy atom. The smallest absolute Gasteiger partial charge is 0.223 e. The van der Waals surface area contributed by atoms with Crippen LogP contribution >= 0.6 is 23.2 Å². The maximum Gasteiger partial charge on any atom is 0.223 e. The number of benzene rings is 1. The van der Waals surface area contributed by atoms with E-state index in [1.807, 2.05) is 0 Å². The van der Waals surface area contributed by atoms with Crippen LogP contribution < -0.4 is 11.5 Å². The number of anilines is 2. The first kappa shape index (κ1) is 18.6. The zero-order chi connectivity index (χ0) is 18.6. The maximum absolute atomic E-state index is 13.6. The van der Waals surface area contributed by atoms with Gasteiger partial charge in [-0.15, -0.1) is 0 Å². The minimum Gasteiger partial charge on any atom is -0.508 e. The highest BCUT2D eigenvalue weighted by molar-refractivity contribution is 6.31. The molecule has 25 heavy (non-hydrogen) atoms. The molecule has 5 N–H and O–H groups in total. The van der Waals surface area contributed by atoms with Crippen molar-refractivity contribution in [2.75, 3.05) is 11.5 Å². The SMILES string of the molecule is Fc1cnc(Cl)nc1Cl.Nc1nc(N)c(F)c(-c2cccc(O)c2)n1. The lowest BCUT2D eigenvalue weighted by Crippen LogP contribution is -2.04. The number of phenols is 1. The van der Waals surface area contributed by atoms with E-state index in [1.54, 1.807) is 12.1 Å². The molecular weight excluding hydrogens is 377 g/mol. The van der Waals surface area contributed by atoms with E-state index in [9.17, 15) is 13.9 Å². The third-order valence-electron chi connectivity index (χ3n) is 2.69. The van der Waals surface area contributed by atoms with Gasteiger partial charge in [0.2, 0.25) is 11.2 Å². The molecule has 3 aromatic rings. The normalized spacial score (nSPS) is 10.1. The number of nitrogen functional groups attached to an aromatic ring is 2. The molecule has 0 spiro atoms. The van der Waals surface area contributed by atoms with E-state index in [0.717, 1.165) is 6.20 Å². The molecule has 0 bridgehead atoms. The van der Waals surface area contributed by atoms with Gasteiger partial charge in [-0.25, -0.2) is 23.7 Å². The van der Waals surface area contributed by atoms with Crippen molar-refractivity contribution in [3.63, 3.8) is 0 Å². The number of halogens is 4. The number of aromatic nitrogens is 4. The molecule has 0 amide bonds. The summed E-state index contributed by atoms with van der Waals surface area (Å²) in [5, 5.41) is 8.97. The minimum atomic E-state index is -0.750. The van der Waals surface area contributed by atoms with Crippen molar-refractivity contribution in [2.24, 2.45) is 0 Å². The molecule has 2 heterocycles. The van der Waals surface area contributed by atoms with Crippen LogP contribution in [0, 0.1) is 11.6 Å². The summed E-state index contributed by atoms with van der Waals surface area (Å²) in [5.41, 5.74) is 11.1. The molecule has 3 rings (SSSR count). The molecule has 11 heteroatoms. The number of rotatable bonds is 1. The average Bonchev–Trinajstić information content (AvgIpc) is 2.55. The Kier molecular flexibility index (Phi) is 5.84. The van der Waals surface area contributed by atoms with Gasteiger partial charge in [0.25, 0.3) is 0 Å². The lowest BCUT2D eigenvalue weighted by molar-refractivity contribution is 0.475. The summed E-state index contributed by atoms with van der Waals surface area (Å²) in [6.45, 7) is 0. The molecule has 0 aliphatic rings. The van der Waals surface area contributed by atoms with Crippen LogP contribution in [-0.4, -0.2) is 25.0 Å². The van der Waals surface area contributed by atoms with Crippen molar-refractivity contribution in [3.8, 4) is 17.0 Å². The zero-order valence-electron chi connectivity index (χ0n) is 12.3. The summed E-state index contributed by atoms with van der Waals surface area (Å²) in [7, 11) is 0. The van der Waals surface area contributed by atoms with Crippen LogP contribution in [0.5, 0.6) is 5.75 Å². The topological polar surface area (TPSA) is 124 Å². The predicted molar refractivity (Wildman–Crippen MR) is 89.9 cm³/mol. The number of aromatic hydroxyl groups is 1. The van der Waals surface area contributed by atoms with Gasteiger partial charge in [0, 0.05) is 5.56 Å². The fraction of sp³-hybridized carbons (Fsp3) is 0. The number of hydrogen-bond acceptors (Lipinski definition) is 7. The molecule has 1 aromatic carbocycles. The largest absolute Gasteiger partial charge is 0.508 e. The van der Waals surface area contributed by atoms with Crippen molar-refractivity contribution in [3.05, 3.63) is 52.5 Å². The number of nitrogens with zero attached hydrogens (tertiary/aromatic N) is 4. The third-order valence-corrected chi connectivity index (χ3v) is 3.13. The van der Waals surface area contributed by atoms with E-state index < -0.39 is 11.6 Å². The first-order chi connectivity index (χ1) is 11.8. The molecule has 0 aliphatic heterocycles. The Labute approximate surface area is 150 Å². The molecule has 0 saturated carbocycles. The zero-order valence-corrected chi connectivity index (χ0v) is 13.8. The maximum atomic E-state index is 13.6. The second-order valence-corrected chi connectivity index (χ2v) is 5.15. The highest BCUT2D eigenvalue weighted by Gasteiger charge is 2.13. The first-order valence-electron chi connectivity index (χ1n) is 6.49. The van der Waals surface area contributed by atoms with Crippen molar-refractivity contribution >= 4 is 35.0 Å². The van der Waals surface area contributed by atoms with Crippen LogP contribution in [0.2, 0.25) is 10.4 Å². The Hall–Kier alpha value is -2.78. The summed E-state index contributed by atoms with van der Waals surface area (Å²) in [6, 6.07) is 5.99. The van der Waals surface area contributed by atoms with Gasteiger partial charge in [0.05, 0.1) is 6.20 Å². The van der Waals surface area contributed by atoms with Gasteiger partial charge in [-0.1, -0.05) is 23.7 Å². The van der Waals surface area contributed by atoms with Crippen LogP contribution in [0.4, 0.5) is 20.5 Å². The average molecular weight is 387 g/mol. The lowest BCUT2D eigenvalue weighted by atomic mass is 10.1. The molecule has 130 valence electrons. The van der Waals surface area contributed by atoms with Crippen LogP contribution in [0.3, 0.4) is 0 Å². The monoisotopic (exact) mass is 386 g/mol. The lowest BCUT2D eigenvalue weighted by Gasteiger charge is -2.05. The van der Waals surface area contributed by atoms with Gasteiger partial charge in [-0.2, -0.15) is 4.98 Å². The van der Waals surface area contributed by atoms with Gasteiger partial charge in [-0.3, -0.25) is 0 Å². The van der Waals surface area contributed by atoms with Crippen molar-refractivity contribution < 1.29 is 13.9 Å². The molecule has 0 atom stereocenters. The van der Waals surface area contributed by atoms with Crippen LogP contribution in [0.25, 0.3) is 11.3 Å². The quantitative estimate of drug-likeness (QED) is 0.433. The van der Waals surface area contributed by atoms with Gasteiger partial charge in [0.1, 0.15) is 11.4 Å². The van der Waals surface area contributed by atoms with E-state index in [-0.39, 0.29) is 33.6 Å². The highest BCUT2D eigenvalue weighted by atomic mass is 35.5. The van der Waals surface area contributed by atoms with Crippen LogP contribution in [0.1, 0.15) is 0 Å². The summed E-state index contributed by atoms with van der Waals surface area (Å²) in [6.07, 6.45) is 0.914. The van der Waals surface area contributed by atoms with E-state index >= 15 is 0 Å². The molecule has 0 unspecified atom stereocenters. The van der Waals surface area contributed by atoms with Crippen LogP contribution in [0.15, 0.2) is 30.5 Å². The van der Waals surface area contributed by atoms with E-state index in [0.29, 0.717) is 5.56 Å². The van der Waals surface area contributed by atoms with E-state index in [2.05, 4.69) is 19.9 Å². The molecule has 0 radical (unpaired) electrons. The van der Waals surface area contributed by atoms with Crippen molar-refractivity contribution in [1.29, 1.82) is 0 Å². The Balaban J connectivity index is 0.000000212. The highest BCUT2D eigenvalue weighted by Crippen LogP contribution is 2.26. The summed E-state index contributed by atoms with van der Waals surface area (Å²) >= 11 is 10.4. The minimum absolute atomic E-state index is 0.00709. The van der Waals surface area contributed by atoms with Gasteiger partial charge < -0.3 is 16.6 Å². The molecule has 7 nitrogen and oxygen atoms in total. The standard InChI is InChI=1S/C10H9FN4O.C4HCl2FN2/c11-7-8(14-10(13)15-9(7)12)5-2-1-3-6(16)4-5;5-3-2(7)1-8-4(6)9-3/h1-4,16H,(H4,12,13,14,15);1H. The van der Waals surface area contributed by atoms with Crippen molar-refractivity contribution in [2.45, 2.75) is 0 Å². The molecule has 0 fully saturated rings. The van der Waals surface area contributed by atoms with Crippen LogP contribution in [-0.2, 0) is 0 Å². The predicted octanol–water partition coefficient (Wildman–Crippen LogP) is 3.08. The van der Waals surface area contributed by atoms with E-state index in [4.69, 9.17) is 34.7 Å². The van der Waals surface area contributed by atoms with Gasteiger partial charge >= 0.3 is 0 Å². The number of nitrogens with two attached hydrogens (primary N) is 2. The Morgan fingerprint density at radius 1 is 1.04 bits per heavy atom. The first-order valence-corrected chi connectivity index (χ1v) is 7.25. The molecule has 2 aromatic heterocycles. The van der Waals surface area contributed by atoms with Gasteiger partial charge in [-0.05, 0) is 23.7 Å². The van der Waals surface area contributed by atoms with E-state index in [1.165, 1.54) is 12.1 Å². The third kappa shape index (κ3) is 4.85. The fourth-order valence-electron chi connectivity index (χ4n) is 1.65. The summed E-state index contributed by atoms with van der Waals surface area (Å²) in [5.74, 6) is -1.84. The summed E-state index contributed by atoms with van der Waals surface area (Å²) in [4.78, 5) is 13.9. The molecular formula is C14H10Cl2F2N6O. The Morgan fingerprint density at radius 2 is 1.76 bits per heavy atom. The second kappa shape index (κ2) is 7.86. The fourth-order valence-corrected chi connectivity index (χ4v) is 1.96. The second-order valence-electron chi connectivity index (χ2n) is 4.46. The molecule has 0 saturated heterocycles. The number of hydrogen-bond donors (Lipinski definition) is 3. The number of phenolic OH excluding ortho intramolecular Hbond substituents is 1. The van der Waals surface area contributed by atoms with Crippen molar-refractivity contribution in [1.82, 2.24) is 19.9 Å².